The molecule has 0 aliphatic rings. The molecule has 1 N–H and O–H groups in total. The molecule has 0 unspecified atom stereocenters. The highest BCUT2D eigenvalue weighted by atomic mass is 16.5. The molecule has 1 aromatic carbocycles. The van der Waals surface area contributed by atoms with E-state index in [1.165, 1.54) is 0 Å². The summed E-state index contributed by atoms with van der Waals surface area (Å²) < 4.78 is 10.4. The first-order valence-electron chi connectivity index (χ1n) is 4.74. The van der Waals surface area contributed by atoms with Crippen molar-refractivity contribution in [2.45, 2.75) is 6.92 Å². The van der Waals surface area contributed by atoms with Crippen LogP contribution in [0.3, 0.4) is 0 Å². The van der Waals surface area contributed by atoms with Crippen molar-refractivity contribution >= 4 is 5.69 Å². The fourth-order valence-corrected chi connectivity index (χ4v) is 1.11. The van der Waals surface area contributed by atoms with E-state index in [0.717, 1.165) is 18.0 Å². The minimum Gasteiger partial charge on any atom is -0.489 e. The third-order valence-corrected chi connectivity index (χ3v) is 1.74. The molecule has 1 radical (unpaired) electrons. The first-order valence-corrected chi connectivity index (χ1v) is 4.74. The monoisotopic (exact) mass is 194 g/mol. The van der Waals surface area contributed by atoms with Gasteiger partial charge in [0.15, 0.2) is 0 Å². The van der Waals surface area contributed by atoms with Crippen LogP contribution in [0, 0.1) is 6.07 Å². The van der Waals surface area contributed by atoms with E-state index in [1.807, 2.05) is 25.1 Å². The smallest absolute Gasteiger partial charge is 0.142 e. The number of rotatable bonds is 6. The van der Waals surface area contributed by atoms with Gasteiger partial charge in [-0.2, -0.15) is 0 Å². The van der Waals surface area contributed by atoms with Crippen LogP contribution in [0.5, 0.6) is 5.75 Å². The molecular weight excluding hydrogens is 178 g/mol. The standard InChI is InChI=1S/C11H16NO2/c1-3-12-10-6-4-5-7-11(10)14-9-8-13-2/h5-7,12H,3,8-9H2,1-2H3. The molecule has 1 aromatic rings. The molecule has 0 fully saturated rings. The second-order valence-corrected chi connectivity index (χ2v) is 2.79. The lowest BCUT2D eigenvalue weighted by atomic mass is 10.3. The summed E-state index contributed by atoms with van der Waals surface area (Å²) in [6.45, 7) is 4.09. The Bertz CT molecular complexity index is 263. The van der Waals surface area contributed by atoms with Crippen molar-refractivity contribution < 1.29 is 9.47 Å². The fraction of sp³-hybridized carbons (Fsp3) is 0.455. The first kappa shape index (κ1) is 10.9. The molecule has 0 atom stereocenters. The van der Waals surface area contributed by atoms with Gasteiger partial charge >= 0.3 is 0 Å². The number of anilines is 1. The number of methoxy groups -OCH3 is 1. The van der Waals surface area contributed by atoms with Crippen molar-refractivity contribution in [3.8, 4) is 5.75 Å². The van der Waals surface area contributed by atoms with Crippen LogP contribution in [0.1, 0.15) is 6.92 Å². The van der Waals surface area contributed by atoms with Crippen molar-refractivity contribution in [3.05, 3.63) is 24.3 Å². The maximum absolute atomic E-state index is 5.52. The molecule has 0 aromatic heterocycles. The molecule has 0 aliphatic heterocycles. The molecule has 14 heavy (non-hydrogen) atoms. The zero-order chi connectivity index (χ0) is 10.2. The van der Waals surface area contributed by atoms with Gasteiger partial charge in [0.2, 0.25) is 0 Å². The van der Waals surface area contributed by atoms with Gasteiger partial charge in [-0.25, -0.2) is 0 Å². The zero-order valence-electron chi connectivity index (χ0n) is 8.67. The summed E-state index contributed by atoms with van der Waals surface area (Å²) in [4.78, 5) is 0. The van der Waals surface area contributed by atoms with Crippen LogP contribution >= 0.6 is 0 Å². The lowest BCUT2D eigenvalue weighted by Gasteiger charge is -2.11. The normalized spacial score (nSPS) is 9.86. The maximum Gasteiger partial charge on any atom is 0.142 e. The van der Waals surface area contributed by atoms with Gasteiger partial charge < -0.3 is 14.8 Å². The summed E-state index contributed by atoms with van der Waals surface area (Å²) in [7, 11) is 1.66. The Morgan fingerprint density at radius 1 is 1.43 bits per heavy atom. The zero-order valence-corrected chi connectivity index (χ0v) is 8.67. The van der Waals surface area contributed by atoms with E-state index < -0.39 is 0 Å². The van der Waals surface area contributed by atoms with Crippen LogP contribution < -0.4 is 10.1 Å². The fourth-order valence-electron chi connectivity index (χ4n) is 1.11. The predicted molar refractivity (Wildman–Crippen MR) is 56.8 cm³/mol. The number of hydrogen-bond donors (Lipinski definition) is 1. The predicted octanol–water partition coefficient (Wildman–Crippen LogP) is 1.94. The van der Waals surface area contributed by atoms with Crippen LogP contribution in [-0.2, 0) is 4.74 Å². The molecule has 0 bridgehead atoms. The summed E-state index contributed by atoms with van der Waals surface area (Å²) in [6.07, 6.45) is 0. The van der Waals surface area contributed by atoms with Crippen LogP contribution in [-0.4, -0.2) is 26.9 Å². The van der Waals surface area contributed by atoms with Crippen LogP contribution in [0.4, 0.5) is 5.69 Å². The van der Waals surface area contributed by atoms with Crippen molar-refractivity contribution in [2.24, 2.45) is 0 Å². The largest absolute Gasteiger partial charge is 0.489 e. The highest BCUT2D eigenvalue weighted by molar-refractivity contribution is 5.55. The summed E-state index contributed by atoms with van der Waals surface area (Å²) in [5.74, 6) is 0.850. The van der Waals surface area contributed by atoms with Crippen LogP contribution in [0.2, 0.25) is 0 Å². The number of benzene rings is 1. The quantitative estimate of drug-likeness (QED) is 0.702. The van der Waals surface area contributed by atoms with Gasteiger partial charge in [-0.3, -0.25) is 0 Å². The molecule has 3 nitrogen and oxygen atoms in total. The van der Waals surface area contributed by atoms with Gasteiger partial charge in [0.1, 0.15) is 12.4 Å². The Kier molecular flexibility index (Phi) is 4.86. The van der Waals surface area contributed by atoms with Gasteiger partial charge in [0, 0.05) is 13.7 Å². The highest BCUT2D eigenvalue weighted by Gasteiger charge is 2.00. The van der Waals surface area contributed by atoms with Crippen molar-refractivity contribution in [1.29, 1.82) is 0 Å². The first-order chi connectivity index (χ1) is 6.88. The molecule has 0 amide bonds. The number of hydrogen-bond acceptors (Lipinski definition) is 3. The Morgan fingerprint density at radius 2 is 2.29 bits per heavy atom. The van der Waals surface area contributed by atoms with Gasteiger partial charge in [-0.15, -0.1) is 0 Å². The number of ether oxygens (including phenoxy) is 2. The molecule has 0 saturated heterocycles. The molecular formula is C11H16NO2. The van der Waals surface area contributed by atoms with E-state index in [4.69, 9.17) is 9.47 Å². The molecule has 77 valence electrons. The average molecular weight is 194 g/mol. The van der Waals surface area contributed by atoms with Crippen molar-refractivity contribution in [1.82, 2.24) is 0 Å². The Hall–Kier alpha value is -1.22. The number of nitrogens with one attached hydrogen (secondary N) is 1. The van der Waals surface area contributed by atoms with E-state index in [1.54, 1.807) is 7.11 Å². The average Bonchev–Trinajstić information content (AvgIpc) is 2.21. The molecule has 1 rings (SSSR count). The van der Waals surface area contributed by atoms with E-state index in [9.17, 15) is 0 Å². The van der Waals surface area contributed by atoms with Gasteiger partial charge in [-0.05, 0) is 25.1 Å². The Balaban J connectivity index is 2.55. The minimum atomic E-state index is 0.568. The summed E-state index contributed by atoms with van der Waals surface area (Å²) in [5.41, 5.74) is 0.978. The SMILES string of the molecule is CCNc1c[c]ccc1OCCOC. The molecule has 0 aliphatic carbocycles. The lowest BCUT2D eigenvalue weighted by molar-refractivity contribution is 0.146. The lowest BCUT2D eigenvalue weighted by Crippen LogP contribution is -2.06. The third kappa shape index (κ3) is 3.26. The Morgan fingerprint density at radius 3 is 3.00 bits per heavy atom. The van der Waals surface area contributed by atoms with E-state index in [0.29, 0.717) is 13.2 Å². The summed E-state index contributed by atoms with van der Waals surface area (Å²) in [5, 5.41) is 3.21. The second-order valence-electron chi connectivity index (χ2n) is 2.79. The van der Waals surface area contributed by atoms with Crippen molar-refractivity contribution in [2.75, 3.05) is 32.2 Å². The van der Waals surface area contributed by atoms with E-state index in [-0.39, 0.29) is 0 Å². The van der Waals surface area contributed by atoms with Gasteiger partial charge in [0.05, 0.1) is 12.3 Å². The molecule has 0 spiro atoms. The van der Waals surface area contributed by atoms with Gasteiger partial charge in [0.25, 0.3) is 0 Å². The highest BCUT2D eigenvalue weighted by Crippen LogP contribution is 2.22. The molecule has 0 saturated carbocycles. The summed E-state index contributed by atoms with van der Waals surface area (Å²) in [6, 6.07) is 8.62. The second kappa shape index (κ2) is 6.27. The Labute approximate surface area is 85.0 Å². The van der Waals surface area contributed by atoms with E-state index >= 15 is 0 Å². The maximum atomic E-state index is 5.52. The minimum absolute atomic E-state index is 0.568. The third-order valence-electron chi connectivity index (χ3n) is 1.74. The van der Waals surface area contributed by atoms with E-state index in [2.05, 4.69) is 11.4 Å². The van der Waals surface area contributed by atoms with Crippen LogP contribution in [0.15, 0.2) is 18.2 Å². The molecule has 3 heteroatoms. The van der Waals surface area contributed by atoms with Gasteiger partial charge in [-0.1, -0.05) is 6.07 Å². The summed E-state index contributed by atoms with van der Waals surface area (Å²) >= 11 is 0. The molecule has 0 heterocycles. The topological polar surface area (TPSA) is 30.5 Å². The van der Waals surface area contributed by atoms with Crippen LogP contribution in [0.25, 0.3) is 0 Å². The van der Waals surface area contributed by atoms with Crippen molar-refractivity contribution in [3.63, 3.8) is 0 Å².